The first-order valence-electron chi connectivity index (χ1n) is 6.64. The van der Waals surface area contributed by atoms with Crippen molar-refractivity contribution < 1.29 is 19.4 Å². The summed E-state index contributed by atoms with van der Waals surface area (Å²) in [5.41, 5.74) is -0.650. The Bertz CT molecular complexity index is 529. The molecule has 0 aliphatic carbocycles. The predicted octanol–water partition coefficient (Wildman–Crippen LogP) is 0.936. The lowest BCUT2D eigenvalue weighted by Gasteiger charge is -2.31. The van der Waals surface area contributed by atoms with Crippen LogP contribution in [0.25, 0.3) is 0 Å². The van der Waals surface area contributed by atoms with E-state index in [9.17, 15) is 14.7 Å². The van der Waals surface area contributed by atoms with E-state index in [0.717, 1.165) is 0 Å². The van der Waals surface area contributed by atoms with Crippen molar-refractivity contribution in [3.63, 3.8) is 0 Å². The molecule has 0 saturated carbocycles. The molecule has 3 N–H and O–H groups in total. The third-order valence-electron chi connectivity index (χ3n) is 3.33. The van der Waals surface area contributed by atoms with Gasteiger partial charge in [-0.2, -0.15) is 0 Å². The molecule has 2 rings (SSSR count). The number of hydrogen-bond acceptors (Lipinski definition) is 4. The number of halogens is 1. The zero-order valence-electron chi connectivity index (χ0n) is 11.4. The summed E-state index contributed by atoms with van der Waals surface area (Å²) >= 11 is 5.89. The molecule has 0 bridgehead atoms. The summed E-state index contributed by atoms with van der Waals surface area (Å²) in [4.78, 5) is 23.5. The molecule has 1 heterocycles. The quantitative estimate of drug-likeness (QED) is 0.725. The van der Waals surface area contributed by atoms with Gasteiger partial charge >= 0.3 is 11.8 Å². The summed E-state index contributed by atoms with van der Waals surface area (Å²) in [7, 11) is 0. The van der Waals surface area contributed by atoms with E-state index in [4.69, 9.17) is 16.3 Å². The van der Waals surface area contributed by atoms with Crippen molar-refractivity contribution in [3.05, 3.63) is 29.3 Å². The molecule has 1 aromatic rings. The number of carbonyl (C=O) groups is 2. The monoisotopic (exact) mass is 312 g/mol. The molecule has 1 aromatic carbocycles. The van der Waals surface area contributed by atoms with Crippen LogP contribution in [-0.4, -0.2) is 42.3 Å². The van der Waals surface area contributed by atoms with Crippen LogP contribution in [0.1, 0.15) is 12.8 Å². The summed E-state index contributed by atoms with van der Waals surface area (Å²) in [5, 5.41) is 15.4. The fraction of sp³-hybridized carbons (Fsp3) is 0.429. The molecular weight excluding hydrogens is 296 g/mol. The first-order valence-corrected chi connectivity index (χ1v) is 7.02. The van der Waals surface area contributed by atoms with Crippen molar-refractivity contribution >= 4 is 29.1 Å². The Morgan fingerprint density at radius 3 is 2.57 bits per heavy atom. The van der Waals surface area contributed by atoms with E-state index in [2.05, 4.69) is 10.6 Å². The standard InChI is InChI=1S/C14H17ClN2O4/c15-10-3-1-2-4-11(10)17-13(19)12(18)16-9-14(20)5-7-21-8-6-14/h1-4,20H,5-9H2,(H,16,18)(H,17,19). The van der Waals surface area contributed by atoms with Crippen molar-refractivity contribution in [1.82, 2.24) is 5.32 Å². The van der Waals surface area contributed by atoms with Gasteiger partial charge < -0.3 is 20.5 Å². The molecule has 1 aliphatic heterocycles. The number of benzene rings is 1. The van der Waals surface area contributed by atoms with Gasteiger partial charge in [-0.05, 0) is 12.1 Å². The minimum absolute atomic E-state index is 0.0190. The number of nitrogens with one attached hydrogen (secondary N) is 2. The number of carbonyl (C=O) groups excluding carboxylic acids is 2. The van der Waals surface area contributed by atoms with E-state index < -0.39 is 17.4 Å². The maximum absolute atomic E-state index is 11.8. The Hall–Kier alpha value is -1.63. The van der Waals surface area contributed by atoms with Crippen molar-refractivity contribution in [3.8, 4) is 0 Å². The van der Waals surface area contributed by atoms with Crippen molar-refractivity contribution in [2.24, 2.45) is 0 Å². The lowest BCUT2D eigenvalue weighted by atomic mass is 9.94. The minimum Gasteiger partial charge on any atom is -0.388 e. The Morgan fingerprint density at radius 1 is 1.24 bits per heavy atom. The first kappa shape index (κ1) is 15.8. The maximum Gasteiger partial charge on any atom is 0.313 e. The van der Waals surface area contributed by atoms with Crippen molar-refractivity contribution in [1.29, 1.82) is 0 Å². The molecule has 0 atom stereocenters. The molecule has 1 saturated heterocycles. The van der Waals surface area contributed by atoms with E-state index in [1.54, 1.807) is 24.3 Å². The fourth-order valence-electron chi connectivity index (χ4n) is 1.99. The Morgan fingerprint density at radius 2 is 1.90 bits per heavy atom. The first-order chi connectivity index (χ1) is 10.0. The van der Waals surface area contributed by atoms with Gasteiger partial charge in [0.2, 0.25) is 0 Å². The number of ether oxygens (including phenoxy) is 1. The number of anilines is 1. The largest absolute Gasteiger partial charge is 0.388 e. The van der Waals surface area contributed by atoms with Gasteiger partial charge in [-0.1, -0.05) is 23.7 Å². The van der Waals surface area contributed by atoms with Crippen molar-refractivity contribution in [2.75, 3.05) is 25.1 Å². The molecule has 0 spiro atoms. The molecule has 114 valence electrons. The average Bonchev–Trinajstić information content (AvgIpc) is 2.48. The van der Waals surface area contributed by atoms with E-state index >= 15 is 0 Å². The van der Waals surface area contributed by atoms with E-state index in [1.807, 2.05) is 0 Å². The van der Waals surface area contributed by atoms with Gasteiger partial charge in [-0.25, -0.2) is 0 Å². The second-order valence-electron chi connectivity index (χ2n) is 4.95. The van der Waals surface area contributed by atoms with Crippen LogP contribution in [0, 0.1) is 0 Å². The lowest BCUT2D eigenvalue weighted by Crippen LogP contribution is -2.48. The van der Waals surface area contributed by atoms with Crippen LogP contribution in [0.4, 0.5) is 5.69 Å². The normalized spacial score (nSPS) is 17.0. The highest BCUT2D eigenvalue weighted by atomic mass is 35.5. The van der Waals surface area contributed by atoms with Crippen LogP contribution < -0.4 is 10.6 Å². The molecule has 0 radical (unpaired) electrons. The Labute approximate surface area is 127 Å². The summed E-state index contributed by atoms with van der Waals surface area (Å²) in [5.74, 6) is -1.63. The molecule has 21 heavy (non-hydrogen) atoms. The van der Waals surface area contributed by atoms with E-state index in [1.165, 1.54) is 0 Å². The zero-order chi connectivity index (χ0) is 15.3. The molecular formula is C14H17ClN2O4. The van der Waals surface area contributed by atoms with Crippen LogP contribution in [0.3, 0.4) is 0 Å². The Kier molecular flexibility index (Phi) is 5.17. The molecule has 0 aromatic heterocycles. The molecule has 1 fully saturated rings. The van der Waals surface area contributed by atoms with Crippen LogP contribution in [0.2, 0.25) is 5.02 Å². The highest BCUT2D eigenvalue weighted by Crippen LogP contribution is 2.21. The van der Waals surface area contributed by atoms with E-state index in [0.29, 0.717) is 36.8 Å². The molecule has 6 nitrogen and oxygen atoms in total. The van der Waals surface area contributed by atoms with Crippen LogP contribution in [0.5, 0.6) is 0 Å². The maximum atomic E-state index is 11.8. The highest BCUT2D eigenvalue weighted by molar-refractivity contribution is 6.41. The van der Waals surface area contributed by atoms with Crippen molar-refractivity contribution in [2.45, 2.75) is 18.4 Å². The number of hydrogen-bond donors (Lipinski definition) is 3. The third-order valence-corrected chi connectivity index (χ3v) is 3.66. The third kappa shape index (κ3) is 4.42. The zero-order valence-corrected chi connectivity index (χ0v) is 12.2. The fourth-order valence-corrected chi connectivity index (χ4v) is 2.18. The molecule has 0 unspecified atom stereocenters. The second kappa shape index (κ2) is 6.89. The summed E-state index contributed by atoms with van der Waals surface area (Å²) in [6, 6.07) is 6.63. The van der Waals surface area contributed by atoms with Crippen LogP contribution in [-0.2, 0) is 14.3 Å². The summed E-state index contributed by atoms with van der Waals surface area (Å²) in [6.07, 6.45) is 0.860. The van der Waals surface area contributed by atoms with Crippen LogP contribution in [0.15, 0.2) is 24.3 Å². The van der Waals surface area contributed by atoms with Crippen LogP contribution >= 0.6 is 11.6 Å². The number of para-hydroxylation sites is 1. The molecule has 2 amide bonds. The minimum atomic E-state index is -1.02. The summed E-state index contributed by atoms with van der Waals surface area (Å²) < 4.78 is 5.14. The smallest absolute Gasteiger partial charge is 0.313 e. The number of amides is 2. The van der Waals surface area contributed by atoms with Gasteiger partial charge in [0, 0.05) is 32.6 Å². The molecule has 1 aliphatic rings. The number of rotatable bonds is 3. The predicted molar refractivity (Wildman–Crippen MR) is 78.1 cm³/mol. The van der Waals surface area contributed by atoms with Gasteiger partial charge in [-0.15, -0.1) is 0 Å². The average molecular weight is 313 g/mol. The van der Waals surface area contributed by atoms with E-state index in [-0.39, 0.29) is 6.54 Å². The van der Waals surface area contributed by atoms with Gasteiger partial charge in [-0.3, -0.25) is 9.59 Å². The second-order valence-corrected chi connectivity index (χ2v) is 5.36. The van der Waals surface area contributed by atoms with Gasteiger partial charge in [0.25, 0.3) is 0 Å². The van der Waals surface area contributed by atoms with Gasteiger partial charge in [0.1, 0.15) is 0 Å². The lowest BCUT2D eigenvalue weighted by molar-refractivity contribution is -0.137. The van der Waals surface area contributed by atoms with Gasteiger partial charge in [0.05, 0.1) is 16.3 Å². The summed E-state index contributed by atoms with van der Waals surface area (Å²) in [6.45, 7) is 0.904. The van der Waals surface area contributed by atoms with Gasteiger partial charge in [0.15, 0.2) is 0 Å². The topological polar surface area (TPSA) is 87.7 Å². The highest BCUT2D eigenvalue weighted by Gasteiger charge is 2.31. The Balaban J connectivity index is 1.85. The molecule has 7 heteroatoms. The SMILES string of the molecule is O=C(NCC1(O)CCOCC1)C(=O)Nc1ccccc1Cl. The number of aliphatic hydroxyl groups is 1.